The van der Waals surface area contributed by atoms with Crippen molar-refractivity contribution in [1.82, 2.24) is 10.2 Å². The molecule has 0 unspecified atom stereocenters. The second-order valence-electron chi connectivity index (χ2n) is 9.46. The van der Waals surface area contributed by atoms with Crippen LogP contribution in [0.5, 0.6) is 0 Å². The lowest BCUT2D eigenvalue weighted by atomic mass is 10.1. The normalized spacial score (nSPS) is 21.3. The van der Waals surface area contributed by atoms with E-state index in [4.69, 9.17) is 0 Å². The van der Waals surface area contributed by atoms with Crippen LogP contribution in [-0.2, 0) is 11.3 Å². The van der Waals surface area contributed by atoms with Gasteiger partial charge in [-0.05, 0) is 55.5 Å². The number of fused-ring (bicyclic) bond motifs is 2. The summed E-state index contributed by atoms with van der Waals surface area (Å²) in [7, 11) is 0. The summed E-state index contributed by atoms with van der Waals surface area (Å²) in [4.78, 5) is 42.7. The van der Waals surface area contributed by atoms with Crippen LogP contribution >= 0.6 is 0 Å². The standard InChI is InChI=1S/C27H31N3O3/c31-25(28-21-8-3-1-2-4-9-21)20-15-13-19(14-16-20)18-30-23-11-6-5-10-22(23)26(32)29-17-7-12-24(29)27(30)33/h5-6,10-11,13-16,21,24H,1-4,7-9,12,17-18H2,(H,28,31)/t24-/m1/s1. The minimum absolute atomic E-state index is 0.0269. The Labute approximate surface area is 194 Å². The SMILES string of the molecule is O=C(NC1CCCCCC1)c1ccc(CN2C(=O)[C@H]3CCCN3C(=O)c3ccccc32)cc1. The van der Waals surface area contributed by atoms with Gasteiger partial charge in [-0.2, -0.15) is 0 Å². The van der Waals surface area contributed by atoms with Crippen molar-refractivity contribution in [1.29, 1.82) is 0 Å². The molecule has 3 amide bonds. The number of benzene rings is 2. The topological polar surface area (TPSA) is 69.7 Å². The number of rotatable bonds is 4. The van der Waals surface area contributed by atoms with Crippen LogP contribution in [0.25, 0.3) is 0 Å². The summed E-state index contributed by atoms with van der Waals surface area (Å²) < 4.78 is 0. The van der Waals surface area contributed by atoms with Gasteiger partial charge in [0, 0.05) is 18.2 Å². The van der Waals surface area contributed by atoms with Crippen molar-refractivity contribution < 1.29 is 14.4 Å². The number of carbonyl (C=O) groups excluding carboxylic acids is 3. The Hall–Kier alpha value is -3.15. The van der Waals surface area contributed by atoms with Gasteiger partial charge in [0.1, 0.15) is 6.04 Å². The van der Waals surface area contributed by atoms with Gasteiger partial charge < -0.3 is 15.1 Å². The predicted molar refractivity (Wildman–Crippen MR) is 127 cm³/mol. The Bertz CT molecular complexity index is 1040. The molecule has 1 saturated heterocycles. The molecule has 2 aromatic carbocycles. The lowest BCUT2D eigenvalue weighted by molar-refractivity contribution is -0.122. The molecule has 1 N–H and O–H groups in total. The fraction of sp³-hybridized carbons (Fsp3) is 0.444. The molecule has 172 valence electrons. The first kappa shape index (κ1) is 21.7. The van der Waals surface area contributed by atoms with E-state index >= 15 is 0 Å². The Kier molecular flexibility index (Phi) is 6.16. The molecule has 2 fully saturated rings. The third kappa shape index (κ3) is 4.39. The molecule has 0 spiro atoms. The van der Waals surface area contributed by atoms with Crippen LogP contribution in [-0.4, -0.2) is 41.2 Å². The molecule has 0 aromatic heterocycles. The predicted octanol–water partition coefficient (Wildman–Crippen LogP) is 4.29. The van der Waals surface area contributed by atoms with E-state index in [2.05, 4.69) is 5.32 Å². The minimum atomic E-state index is -0.394. The maximum Gasteiger partial charge on any atom is 0.256 e. The van der Waals surface area contributed by atoms with Crippen molar-refractivity contribution >= 4 is 23.4 Å². The van der Waals surface area contributed by atoms with Gasteiger partial charge >= 0.3 is 0 Å². The maximum absolute atomic E-state index is 13.4. The highest BCUT2D eigenvalue weighted by Gasteiger charge is 2.41. The molecule has 5 rings (SSSR count). The maximum atomic E-state index is 13.4. The van der Waals surface area contributed by atoms with E-state index in [0.29, 0.717) is 36.3 Å². The Morgan fingerprint density at radius 1 is 0.879 bits per heavy atom. The molecule has 0 radical (unpaired) electrons. The zero-order valence-corrected chi connectivity index (χ0v) is 19.0. The Morgan fingerprint density at radius 3 is 2.36 bits per heavy atom. The van der Waals surface area contributed by atoms with Crippen LogP contribution in [0, 0.1) is 0 Å². The van der Waals surface area contributed by atoms with Crippen LogP contribution in [0.2, 0.25) is 0 Å². The van der Waals surface area contributed by atoms with Crippen LogP contribution in [0.15, 0.2) is 48.5 Å². The van der Waals surface area contributed by atoms with Gasteiger partial charge in [-0.25, -0.2) is 0 Å². The van der Waals surface area contributed by atoms with Crippen molar-refractivity contribution in [3.05, 3.63) is 65.2 Å². The fourth-order valence-corrected chi connectivity index (χ4v) is 5.41. The van der Waals surface area contributed by atoms with Gasteiger partial charge in [0.05, 0.1) is 17.8 Å². The summed E-state index contributed by atoms with van der Waals surface area (Å²) in [6.45, 7) is 1.00. The van der Waals surface area contributed by atoms with Crippen LogP contribution in [0.3, 0.4) is 0 Å². The van der Waals surface area contributed by atoms with Crippen molar-refractivity contribution in [2.45, 2.75) is 70.0 Å². The molecular weight excluding hydrogens is 414 g/mol. The molecule has 3 aliphatic rings. The van der Waals surface area contributed by atoms with Crippen LogP contribution < -0.4 is 10.2 Å². The highest BCUT2D eigenvalue weighted by atomic mass is 16.2. The van der Waals surface area contributed by atoms with E-state index in [9.17, 15) is 14.4 Å². The Balaban J connectivity index is 1.34. The summed E-state index contributed by atoms with van der Waals surface area (Å²) in [5, 5.41) is 3.19. The first-order valence-electron chi connectivity index (χ1n) is 12.2. The highest BCUT2D eigenvalue weighted by Crippen LogP contribution is 2.33. The molecular formula is C27H31N3O3. The minimum Gasteiger partial charge on any atom is -0.349 e. The number of para-hydroxylation sites is 1. The molecule has 2 heterocycles. The third-order valence-electron chi connectivity index (χ3n) is 7.24. The fourth-order valence-electron chi connectivity index (χ4n) is 5.41. The zero-order chi connectivity index (χ0) is 22.8. The van der Waals surface area contributed by atoms with Gasteiger partial charge in [0.15, 0.2) is 0 Å². The lowest BCUT2D eigenvalue weighted by Gasteiger charge is -2.26. The molecule has 0 bridgehead atoms. The number of amides is 3. The molecule has 6 heteroatoms. The number of nitrogens with zero attached hydrogens (tertiary/aromatic N) is 2. The third-order valence-corrected chi connectivity index (χ3v) is 7.24. The van der Waals surface area contributed by atoms with Crippen molar-refractivity contribution in [3.8, 4) is 0 Å². The quantitative estimate of drug-likeness (QED) is 0.714. The summed E-state index contributed by atoms with van der Waals surface area (Å²) in [6.07, 6.45) is 8.52. The molecule has 33 heavy (non-hydrogen) atoms. The summed E-state index contributed by atoms with van der Waals surface area (Å²) in [5.74, 6) is -0.118. The number of nitrogens with one attached hydrogen (secondary N) is 1. The average Bonchev–Trinajstić information content (AvgIpc) is 3.16. The number of hydrogen-bond acceptors (Lipinski definition) is 3. The van der Waals surface area contributed by atoms with E-state index in [-0.39, 0.29) is 23.8 Å². The second-order valence-corrected chi connectivity index (χ2v) is 9.46. The zero-order valence-electron chi connectivity index (χ0n) is 19.0. The smallest absolute Gasteiger partial charge is 0.256 e. The van der Waals surface area contributed by atoms with Gasteiger partial charge in [0.2, 0.25) is 5.91 Å². The molecule has 2 aromatic rings. The monoisotopic (exact) mass is 445 g/mol. The first-order chi connectivity index (χ1) is 16.1. The van der Waals surface area contributed by atoms with Gasteiger partial charge in [0.25, 0.3) is 11.8 Å². The summed E-state index contributed by atoms with van der Waals surface area (Å²) >= 11 is 0. The van der Waals surface area contributed by atoms with E-state index in [1.165, 1.54) is 25.7 Å². The van der Waals surface area contributed by atoms with Crippen molar-refractivity contribution in [2.75, 3.05) is 11.4 Å². The van der Waals surface area contributed by atoms with E-state index in [0.717, 1.165) is 24.8 Å². The van der Waals surface area contributed by atoms with Gasteiger partial charge in [-0.1, -0.05) is 49.9 Å². The second kappa shape index (κ2) is 9.38. The van der Waals surface area contributed by atoms with Crippen LogP contribution in [0.4, 0.5) is 5.69 Å². The molecule has 2 aliphatic heterocycles. The summed E-state index contributed by atoms with van der Waals surface area (Å²) in [5.41, 5.74) is 2.82. The van der Waals surface area contributed by atoms with E-state index < -0.39 is 6.04 Å². The molecule has 1 atom stereocenters. The number of hydrogen-bond donors (Lipinski definition) is 1. The lowest BCUT2D eigenvalue weighted by Crippen LogP contribution is -2.44. The van der Waals surface area contributed by atoms with Crippen molar-refractivity contribution in [2.24, 2.45) is 0 Å². The van der Waals surface area contributed by atoms with Gasteiger partial charge in [-0.15, -0.1) is 0 Å². The van der Waals surface area contributed by atoms with E-state index in [1.807, 2.05) is 42.5 Å². The molecule has 1 saturated carbocycles. The average molecular weight is 446 g/mol. The Morgan fingerprint density at radius 2 is 1.61 bits per heavy atom. The van der Waals surface area contributed by atoms with Crippen LogP contribution in [0.1, 0.15) is 77.6 Å². The number of carbonyl (C=O) groups is 3. The highest BCUT2D eigenvalue weighted by molar-refractivity contribution is 6.11. The first-order valence-corrected chi connectivity index (χ1v) is 12.2. The molecule has 6 nitrogen and oxygen atoms in total. The largest absolute Gasteiger partial charge is 0.349 e. The molecule has 1 aliphatic carbocycles. The number of anilines is 1. The van der Waals surface area contributed by atoms with E-state index in [1.54, 1.807) is 15.9 Å². The van der Waals surface area contributed by atoms with Crippen molar-refractivity contribution in [3.63, 3.8) is 0 Å². The summed E-state index contributed by atoms with van der Waals surface area (Å²) in [6, 6.07) is 14.7. The van der Waals surface area contributed by atoms with Gasteiger partial charge in [-0.3, -0.25) is 14.4 Å².